The fraction of sp³-hybridized carbons (Fsp3) is 0.217. The minimum Gasteiger partial charge on any atom is -0.438 e. The summed E-state index contributed by atoms with van der Waals surface area (Å²) in [6, 6.07) is 14.3. The lowest BCUT2D eigenvalue weighted by molar-refractivity contribution is -0.117. The minimum absolute atomic E-state index is 0.00976. The van der Waals surface area contributed by atoms with E-state index in [0.717, 1.165) is 5.56 Å². The van der Waals surface area contributed by atoms with Gasteiger partial charge < -0.3 is 14.8 Å². The molecule has 1 N–H and O–H groups in total. The molecule has 2 heterocycles. The fourth-order valence-electron chi connectivity index (χ4n) is 2.87. The number of pyridine rings is 1. The van der Waals surface area contributed by atoms with Crippen LogP contribution in [0.1, 0.15) is 17.5 Å². The molecule has 2 aromatic heterocycles. The molecule has 158 valence electrons. The van der Waals surface area contributed by atoms with Crippen LogP contribution in [0.5, 0.6) is 11.6 Å². The van der Waals surface area contributed by atoms with Crippen LogP contribution in [0.3, 0.4) is 0 Å². The average Bonchev–Trinajstić information content (AvgIpc) is 2.78. The van der Waals surface area contributed by atoms with Crippen molar-refractivity contribution in [2.45, 2.75) is 13.3 Å². The van der Waals surface area contributed by atoms with Crippen LogP contribution in [0.15, 0.2) is 59.0 Å². The molecule has 0 fully saturated rings. The molecule has 3 rings (SSSR count). The Labute approximate surface area is 179 Å². The van der Waals surface area contributed by atoms with Gasteiger partial charge in [-0.2, -0.15) is 10.2 Å². The Morgan fingerprint density at radius 3 is 2.77 bits per heavy atom. The predicted octanol–water partition coefficient (Wildman–Crippen LogP) is 2.85. The third-order valence-electron chi connectivity index (χ3n) is 4.50. The van der Waals surface area contributed by atoms with E-state index < -0.39 is 11.5 Å². The number of rotatable bonds is 8. The van der Waals surface area contributed by atoms with Crippen molar-refractivity contribution < 1.29 is 14.3 Å². The molecular formula is C23H22N4O4. The predicted molar refractivity (Wildman–Crippen MR) is 116 cm³/mol. The molecule has 0 radical (unpaired) electrons. The lowest BCUT2D eigenvalue weighted by Gasteiger charge is -2.12. The van der Waals surface area contributed by atoms with Crippen LogP contribution in [0.4, 0.5) is 0 Å². The van der Waals surface area contributed by atoms with Crippen LogP contribution in [-0.2, 0) is 9.53 Å². The van der Waals surface area contributed by atoms with E-state index in [1.807, 2.05) is 25.1 Å². The van der Waals surface area contributed by atoms with Crippen molar-refractivity contribution in [2.75, 3.05) is 20.3 Å². The lowest BCUT2D eigenvalue weighted by atomic mass is 10.1. The van der Waals surface area contributed by atoms with Crippen LogP contribution >= 0.6 is 0 Å². The largest absolute Gasteiger partial charge is 0.438 e. The van der Waals surface area contributed by atoms with Crippen molar-refractivity contribution in [1.82, 2.24) is 14.7 Å². The van der Waals surface area contributed by atoms with Crippen molar-refractivity contribution in [3.63, 3.8) is 0 Å². The van der Waals surface area contributed by atoms with E-state index in [9.17, 15) is 14.9 Å². The zero-order chi connectivity index (χ0) is 22.2. The Morgan fingerprint density at radius 1 is 1.26 bits per heavy atom. The van der Waals surface area contributed by atoms with E-state index in [2.05, 4.69) is 10.3 Å². The van der Waals surface area contributed by atoms with Gasteiger partial charge in [0.15, 0.2) is 0 Å². The van der Waals surface area contributed by atoms with E-state index in [4.69, 9.17) is 9.47 Å². The monoisotopic (exact) mass is 418 g/mol. The topological polar surface area (TPSA) is 106 Å². The van der Waals surface area contributed by atoms with Crippen LogP contribution < -0.4 is 15.6 Å². The molecule has 0 saturated carbocycles. The quantitative estimate of drug-likeness (QED) is 0.343. The highest BCUT2D eigenvalue weighted by Gasteiger charge is 2.17. The van der Waals surface area contributed by atoms with E-state index >= 15 is 0 Å². The van der Waals surface area contributed by atoms with Gasteiger partial charge in [-0.15, -0.1) is 0 Å². The number of nitrogens with zero attached hydrogens (tertiary/aromatic N) is 3. The summed E-state index contributed by atoms with van der Waals surface area (Å²) in [5, 5.41) is 12.2. The molecule has 0 aliphatic heterocycles. The maximum absolute atomic E-state index is 13.1. The number of nitriles is 1. The first-order chi connectivity index (χ1) is 15.0. The Kier molecular flexibility index (Phi) is 7.14. The number of benzene rings is 1. The summed E-state index contributed by atoms with van der Waals surface area (Å²) >= 11 is 0. The minimum atomic E-state index is -0.585. The molecule has 0 aliphatic carbocycles. The number of para-hydroxylation sites is 1. The van der Waals surface area contributed by atoms with E-state index in [1.54, 1.807) is 43.6 Å². The summed E-state index contributed by atoms with van der Waals surface area (Å²) in [5.41, 5.74) is 0.575. The second-order valence-electron chi connectivity index (χ2n) is 6.70. The summed E-state index contributed by atoms with van der Waals surface area (Å²) in [6.07, 6.45) is 3.38. The molecule has 31 heavy (non-hydrogen) atoms. The number of ether oxygens (including phenoxy) is 2. The number of carbonyl (C=O) groups excluding carboxylic acids is 1. The molecule has 1 aromatic carbocycles. The normalized spacial score (nSPS) is 11.2. The van der Waals surface area contributed by atoms with Gasteiger partial charge in [0.05, 0.1) is 0 Å². The van der Waals surface area contributed by atoms with Crippen molar-refractivity contribution in [1.29, 1.82) is 5.26 Å². The molecule has 3 aromatic rings. The standard InChI is InChI=1S/C23H22N4O4/c1-16-8-3-4-9-19(16)31-22-18(23(29)27-12-6-5-10-20(27)26-22)14-17(15-24)21(28)25-11-7-13-30-2/h3-6,8-10,12,14H,7,11,13H2,1-2H3,(H,25,28). The molecule has 8 nitrogen and oxygen atoms in total. The number of aromatic nitrogens is 2. The van der Waals surface area contributed by atoms with Crippen LogP contribution in [0.25, 0.3) is 11.7 Å². The first-order valence-electron chi connectivity index (χ1n) is 9.69. The first-order valence-corrected chi connectivity index (χ1v) is 9.69. The van der Waals surface area contributed by atoms with Gasteiger partial charge in [0, 0.05) is 26.5 Å². The molecule has 0 saturated heterocycles. The van der Waals surface area contributed by atoms with Crippen molar-refractivity contribution in [3.05, 3.63) is 75.7 Å². The fourth-order valence-corrected chi connectivity index (χ4v) is 2.87. The number of amides is 1. The smallest absolute Gasteiger partial charge is 0.269 e. The highest BCUT2D eigenvalue weighted by Crippen LogP contribution is 2.26. The third kappa shape index (κ3) is 5.15. The number of hydrogen-bond acceptors (Lipinski definition) is 6. The van der Waals surface area contributed by atoms with Gasteiger partial charge in [0.25, 0.3) is 11.5 Å². The van der Waals surface area contributed by atoms with Crippen LogP contribution in [0.2, 0.25) is 0 Å². The second-order valence-corrected chi connectivity index (χ2v) is 6.70. The van der Waals surface area contributed by atoms with Crippen LogP contribution in [-0.4, -0.2) is 35.6 Å². The van der Waals surface area contributed by atoms with Crippen molar-refractivity contribution in [2.24, 2.45) is 0 Å². The summed E-state index contributed by atoms with van der Waals surface area (Å²) < 4.78 is 12.2. The van der Waals surface area contributed by atoms with Gasteiger partial charge >= 0.3 is 0 Å². The molecule has 0 unspecified atom stereocenters. The van der Waals surface area contributed by atoms with Gasteiger partial charge in [-0.25, -0.2) is 0 Å². The summed E-state index contributed by atoms with van der Waals surface area (Å²) in [6.45, 7) is 2.69. The molecule has 0 atom stereocenters. The maximum Gasteiger partial charge on any atom is 0.269 e. The van der Waals surface area contributed by atoms with Gasteiger partial charge in [0.2, 0.25) is 5.88 Å². The average molecular weight is 418 g/mol. The van der Waals surface area contributed by atoms with Crippen molar-refractivity contribution in [3.8, 4) is 17.7 Å². The molecule has 8 heteroatoms. The van der Waals surface area contributed by atoms with E-state index in [1.165, 1.54) is 10.5 Å². The second kappa shape index (κ2) is 10.2. The summed E-state index contributed by atoms with van der Waals surface area (Å²) in [5.74, 6) is -0.0460. The number of fused-ring (bicyclic) bond motifs is 1. The lowest BCUT2D eigenvalue weighted by Crippen LogP contribution is -2.27. The van der Waals surface area contributed by atoms with E-state index in [-0.39, 0.29) is 17.0 Å². The highest BCUT2D eigenvalue weighted by atomic mass is 16.5. The Hall–Kier alpha value is -3.96. The van der Waals surface area contributed by atoms with Gasteiger partial charge in [-0.3, -0.25) is 14.0 Å². The van der Waals surface area contributed by atoms with Crippen molar-refractivity contribution >= 4 is 17.6 Å². The highest BCUT2D eigenvalue weighted by molar-refractivity contribution is 6.01. The van der Waals surface area contributed by atoms with Gasteiger partial charge in [-0.1, -0.05) is 24.3 Å². The SMILES string of the molecule is COCCCNC(=O)C(C#N)=Cc1c(Oc2ccccc2C)nc2ccccn2c1=O. The number of nitrogens with one attached hydrogen (secondary N) is 1. The van der Waals surface area contributed by atoms with Gasteiger partial charge in [0.1, 0.15) is 28.6 Å². The number of aryl methyl sites for hydroxylation is 1. The Balaban J connectivity index is 2.06. The van der Waals surface area contributed by atoms with Gasteiger partial charge in [-0.05, 0) is 43.2 Å². The third-order valence-corrected chi connectivity index (χ3v) is 4.50. The summed E-state index contributed by atoms with van der Waals surface area (Å²) in [4.78, 5) is 30.0. The Bertz CT molecular complexity index is 1220. The molecule has 0 aliphatic rings. The number of methoxy groups -OCH3 is 1. The Morgan fingerprint density at radius 2 is 2.03 bits per heavy atom. The zero-order valence-electron chi connectivity index (χ0n) is 17.3. The first kappa shape index (κ1) is 21.7. The zero-order valence-corrected chi connectivity index (χ0v) is 17.3. The maximum atomic E-state index is 13.1. The number of hydrogen-bond donors (Lipinski definition) is 1. The summed E-state index contributed by atoms with van der Waals surface area (Å²) in [7, 11) is 1.57. The molecule has 0 bridgehead atoms. The molecular weight excluding hydrogens is 396 g/mol. The molecule has 0 spiro atoms. The van der Waals surface area contributed by atoms with E-state index in [0.29, 0.717) is 31.0 Å². The number of carbonyl (C=O) groups is 1. The molecule has 1 amide bonds. The van der Waals surface area contributed by atoms with Crippen LogP contribution in [0, 0.1) is 18.3 Å².